The summed E-state index contributed by atoms with van der Waals surface area (Å²) < 4.78 is 0. The number of rotatable bonds is 6. The van der Waals surface area contributed by atoms with Crippen LogP contribution in [0.15, 0.2) is 40.2 Å². The second-order valence-electron chi connectivity index (χ2n) is 9.55. The number of aromatic nitrogens is 1. The fraction of sp³-hybridized carbons (Fsp3) is 0.462. The minimum absolute atomic E-state index is 0.226. The van der Waals surface area contributed by atoms with Crippen LogP contribution in [0.1, 0.15) is 48.8 Å². The van der Waals surface area contributed by atoms with E-state index in [1.165, 1.54) is 37.7 Å². The fourth-order valence-electron chi connectivity index (χ4n) is 4.33. The molecule has 8 nitrogen and oxygen atoms in total. The first kappa shape index (κ1) is 25.0. The number of carbonyl (C=O) groups is 1. The lowest BCUT2D eigenvalue weighted by molar-refractivity contribution is -0.135. The van der Waals surface area contributed by atoms with Gasteiger partial charge in [0.2, 0.25) is 6.41 Å². The number of aromatic amines is 1. The van der Waals surface area contributed by atoms with Gasteiger partial charge in [-0.3, -0.25) is 9.59 Å². The number of anilines is 1. The summed E-state index contributed by atoms with van der Waals surface area (Å²) in [5.74, 6) is 0.938. The molecular weight excluding hydrogens is 428 g/mol. The molecule has 0 atom stereocenters. The molecule has 3 fully saturated rings. The maximum atomic E-state index is 12.2. The number of hydrogen-bond donors (Lipinski definition) is 3. The summed E-state index contributed by atoms with van der Waals surface area (Å²) in [6.07, 6.45) is 9.19. The Bertz CT molecular complexity index is 1100. The van der Waals surface area contributed by atoms with E-state index >= 15 is 0 Å². The smallest absolute Gasteiger partial charge is 0.261 e. The number of likely N-dealkylation sites (tertiary alicyclic amines) is 1. The van der Waals surface area contributed by atoms with E-state index in [-0.39, 0.29) is 11.4 Å². The van der Waals surface area contributed by atoms with Gasteiger partial charge in [0.05, 0.1) is 11.4 Å². The number of H-pyrrole nitrogens is 1. The number of pyridine rings is 1. The highest BCUT2D eigenvalue weighted by Crippen LogP contribution is 2.47. The van der Waals surface area contributed by atoms with Gasteiger partial charge in [-0.25, -0.2) is 10.3 Å². The number of nitriles is 1. The normalized spacial score (nSPS) is 17.8. The molecule has 3 aliphatic rings. The van der Waals surface area contributed by atoms with Crippen molar-refractivity contribution in [1.29, 1.82) is 5.26 Å². The highest BCUT2D eigenvalue weighted by molar-refractivity contribution is 6.03. The van der Waals surface area contributed by atoms with Crippen LogP contribution in [0.3, 0.4) is 0 Å². The molecule has 2 heterocycles. The lowest BCUT2D eigenvalue weighted by Gasteiger charge is -2.54. The molecule has 34 heavy (non-hydrogen) atoms. The standard InChI is InChI=1S/C18H22N4O.C7H11NO.CHN/c1-11-3-6-14(9-12(11)2)22-17(19)16-15(7-8-20-18(16)23)21-10-13-4-5-13;9-6-8-4-7(5-8)2-1-3-7;1-2/h3,6-9,13H,4-5,10H2,1-2H3,(H2,19,22)(H2,20,21,23);6H,1-5H2;1H. The number of carbonyl (C=O) groups excluding carboxylic acids is 1. The predicted molar refractivity (Wildman–Crippen MR) is 135 cm³/mol. The van der Waals surface area contributed by atoms with Crippen molar-refractivity contribution in [2.24, 2.45) is 22.1 Å². The summed E-state index contributed by atoms with van der Waals surface area (Å²) in [6.45, 7) is 10.5. The highest BCUT2D eigenvalue weighted by atomic mass is 16.1. The molecule has 0 unspecified atom stereocenters. The number of nitrogens with two attached hydrogens (primary N) is 1. The summed E-state index contributed by atoms with van der Waals surface area (Å²) in [4.78, 5) is 31.3. The summed E-state index contributed by atoms with van der Waals surface area (Å²) in [5, 5.41) is 9.82. The van der Waals surface area contributed by atoms with Crippen molar-refractivity contribution in [3.05, 3.63) is 57.5 Å². The predicted octanol–water partition coefficient (Wildman–Crippen LogP) is 3.62. The summed E-state index contributed by atoms with van der Waals surface area (Å²) in [7, 11) is 0. The molecule has 1 amide bonds. The molecule has 1 aliphatic heterocycles. The van der Waals surface area contributed by atoms with Crippen LogP contribution < -0.4 is 16.6 Å². The molecule has 1 saturated heterocycles. The van der Waals surface area contributed by atoms with Crippen LogP contribution in [0.25, 0.3) is 0 Å². The van der Waals surface area contributed by atoms with E-state index in [2.05, 4.69) is 21.9 Å². The van der Waals surface area contributed by atoms with Crippen molar-refractivity contribution in [2.75, 3.05) is 25.0 Å². The number of nitrogens with zero attached hydrogens (tertiary/aromatic N) is 3. The van der Waals surface area contributed by atoms with E-state index < -0.39 is 0 Å². The summed E-state index contributed by atoms with van der Waals surface area (Å²) >= 11 is 0. The van der Waals surface area contributed by atoms with Crippen LogP contribution in [0.5, 0.6) is 0 Å². The number of hydrogen-bond acceptors (Lipinski definition) is 5. The lowest BCUT2D eigenvalue weighted by Crippen LogP contribution is -2.58. The van der Waals surface area contributed by atoms with Crippen LogP contribution in [0.2, 0.25) is 0 Å². The molecular formula is C26H34N6O2. The van der Waals surface area contributed by atoms with E-state index in [9.17, 15) is 9.59 Å². The number of aliphatic imine (C=N–C) groups is 1. The number of aryl methyl sites for hydroxylation is 2. The van der Waals surface area contributed by atoms with Crippen molar-refractivity contribution >= 4 is 23.6 Å². The largest absolute Gasteiger partial charge is 0.384 e. The maximum absolute atomic E-state index is 12.2. The van der Waals surface area contributed by atoms with Gasteiger partial charge in [0.1, 0.15) is 11.4 Å². The molecule has 2 aromatic rings. The molecule has 1 spiro atoms. The van der Waals surface area contributed by atoms with Crippen LogP contribution in [-0.4, -0.2) is 41.8 Å². The molecule has 0 bridgehead atoms. The zero-order valence-corrected chi connectivity index (χ0v) is 20.0. The monoisotopic (exact) mass is 462 g/mol. The van der Waals surface area contributed by atoms with Gasteiger partial charge in [-0.05, 0) is 74.8 Å². The quantitative estimate of drug-likeness (QED) is 0.343. The minimum Gasteiger partial charge on any atom is -0.384 e. The first-order valence-electron chi connectivity index (χ1n) is 11.7. The third kappa shape index (κ3) is 6.04. The molecule has 8 heteroatoms. The van der Waals surface area contributed by atoms with Gasteiger partial charge in [0.25, 0.3) is 5.56 Å². The van der Waals surface area contributed by atoms with Crippen molar-refractivity contribution in [2.45, 2.75) is 46.0 Å². The fourth-order valence-corrected chi connectivity index (χ4v) is 4.33. The van der Waals surface area contributed by atoms with Crippen molar-refractivity contribution in [3.63, 3.8) is 0 Å². The van der Waals surface area contributed by atoms with E-state index in [1.54, 1.807) is 6.20 Å². The topological polar surface area (TPSA) is 127 Å². The minimum atomic E-state index is -0.226. The average Bonchev–Trinajstić information content (AvgIpc) is 3.60. The zero-order valence-electron chi connectivity index (χ0n) is 20.0. The zero-order chi connectivity index (χ0) is 24.7. The molecule has 0 radical (unpaired) electrons. The molecule has 4 N–H and O–H groups in total. The number of benzene rings is 1. The Labute approximate surface area is 200 Å². The van der Waals surface area contributed by atoms with Gasteiger partial charge >= 0.3 is 0 Å². The first-order chi connectivity index (χ1) is 16.4. The second-order valence-corrected chi connectivity index (χ2v) is 9.55. The van der Waals surface area contributed by atoms with Gasteiger partial charge in [-0.1, -0.05) is 12.5 Å². The molecule has 2 saturated carbocycles. The lowest BCUT2D eigenvalue weighted by atomic mass is 9.64. The van der Waals surface area contributed by atoms with E-state index in [0.717, 1.165) is 43.0 Å². The molecule has 2 aliphatic carbocycles. The molecule has 5 rings (SSSR count). The Balaban J connectivity index is 0.000000243. The highest BCUT2D eigenvalue weighted by Gasteiger charge is 2.46. The third-order valence-corrected chi connectivity index (χ3v) is 6.88. The van der Waals surface area contributed by atoms with Crippen LogP contribution in [-0.2, 0) is 4.79 Å². The summed E-state index contributed by atoms with van der Waals surface area (Å²) in [6, 6.07) is 7.71. The van der Waals surface area contributed by atoms with Gasteiger partial charge in [-0.15, -0.1) is 0 Å². The van der Waals surface area contributed by atoms with Gasteiger partial charge in [0, 0.05) is 37.8 Å². The Morgan fingerprint density at radius 1 is 1.26 bits per heavy atom. The first-order valence-corrected chi connectivity index (χ1v) is 11.7. The van der Waals surface area contributed by atoms with Gasteiger partial charge in [-0.2, -0.15) is 0 Å². The van der Waals surface area contributed by atoms with Crippen LogP contribution >= 0.6 is 0 Å². The third-order valence-electron chi connectivity index (χ3n) is 6.88. The number of nitrogens with one attached hydrogen (secondary N) is 2. The number of amidine groups is 1. The van der Waals surface area contributed by atoms with Crippen LogP contribution in [0.4, 0.5) is 11.4 Å². The van der Waals surface area contributed by atoms with E-state index in [0.29, 0.717) is 16.9 Å². The Morgan fingerprint density at radius 3 is 2.53 bits per heavy atom. The maximum Gasteiger partial charge on any atom is 0.261 e. The Kier molecular flexibility index (Phi) is 8.11. The summed E-state index contributed by atoms with van der Waals surface area (Å²) in [5.41, 5.74) is 10.8. The average molecular weight is 463 g/mol. The number of amides is 1. The van der Waals surface area contributed by atoms with E-state index in [4.69, 9.17) is 11.0 Å². The SMILES string of the molecule is C#N.Cc1ccc(N=C(N)c2c(NCC3CC3)cc[nH]c2=O)cc1C.O=CN1CC2(CCC2)C1. The van der Waals surface area contributed by atoms with Crippen molar-refractivity contribution in [1.82, 2.24) is 9.88 Å². The molecule has 180 valence electrons. The second kappa shape index (κ2) is 11.0. The Morgan fingerprint density at radius 2 is 1.97 bits per heavy atom. The molecule has 1 aromatic heterocycles. The van der Waals surface area contributed by atoms with E-state index in [1.807, 2.05) is 43.0 Å². The van der Waals surface area contributed by atoms with Gasteiger partial charge in [0.15, 0.2) is 0 Å². The van der Waals surface area contributed by atoms with Crippen molar-refractivity contribution < 1.29 is 4.79 Å². The van der Waals surface area contributed by atoms with Gasteiger partial charge < -0.3 is 20.9 Å². The van der Waals surface area contributed by atoms with Crippen molar-refractivity contribution in [3.8, 4) is 6.57 Å². The van der Waals surface area contributed by atoms with Crippen LogP contribution in [0, 0.1) is 37.0 Å². The molecule has 1 aromatic carbocycles. The Hall–Kier alpha value is -3.60.